The quantitative estimate of drug-likeness (QED) is 0.531. The van der Waals surface area contributed by atoms with Crippen molar-refractivity contribution in [2.75, 3.05) is 31.6 Å². The first-order valence-electron chi connectivity index (χ1n) is 10.3. The molecule has 0 radical (unpaired) electrons. The van der Waals surface area contributed by atoms with E-state index in [0.29, 0.717) is 6.61 Å². The van der Waals surface area contributed by atoms with E-state index in [4.69, 9.17) is 4.74 Å². The minimum atomic E-state index is 0.643. The van der Waals surface area contributed by atoms with Crippen LogP contribution in [0.25, 0.3) is 16.3 Å². The van der Waals surface area contributed by atoms with Crippen molar-refractivity contribution in [2.24, 2.45) is 0 Å². The van der Waals surface area contributed by atoms with Gasteiger partial charge in [0.15, 0.2) is 11.6 Å². The molecule has 1 aliphatic rings. The Balaban J connectivity index is 1.30. The first kappa shape index (κ1) is 19.1. The summed E-state index contributed by atoms with van der Waals surface area (Å²) in [5, 5.41) is 5.99. The molecule has 0 atom stereocenters. The number of benzene rings is 2. The topological polar surface area (TPSA) is 37.4 Å². The van der Waals surface area contributed by atoms with Gasteiger partial charge in [-0.15, -0.1) is 0 Å². The molecule has 3 aromatic rings. The van der Waals surface area contributed by atoms with Crippen LogP contribution in [0.4, 0.5) is 5.82 Å². The summed E-state index contributed by atoms with van der Waals surface area (Å²) in [5.74, 6) is 1.64. The lowest BCUT2D eigenvalue weighted by Crippen LogP contribution is -2.23. The van der Waals surface area contributed by atoms with Gasteiger partial charge in [0.2, 0.25) is 0 Å². The van der Waals surface area contributed by atoms with Crippen LogP contribution in [0.1, 0.15) is 18.9 Å². The summed E-state index contributed by atoms with van der Waals surface area (Å²) < 4.78 is 5.61. The third kappa shape index (κ3) is 4.60. The van der Waals surface area contributed by atoms with Crippen molar-refractivity contribution in [1.29, 1.82) is 0 Å². The number of pyridine rings is 1. The zero-order chi connectivity index (χ0) is 19.9. The van der Waals surface area contributed by atoms with Crippen LogP contribution in [0, 0.1) is 0 Å². The molecule has 0 amide bonds. The number of allylic oxidation sites excluding steroid dienone is 2. The lowest BCUT2D eigenvalue weighted by molar-refractivity contribution is 0.340. The fraction of sp³-hybridized carbons (Fsp3) is 0.240. The molecule has 2 aromatic carbocycles. The Morgan fingerprint density at radius 1 is 1.07 bits per heavy atom. The third-order valence-corrected chi connectivity index (χ3v) is 5.10. The predicted molar refractivity (Wildman–Crippen MR) is 121 cm³/mol. The number of fused-ring (bicyclic) bond motifs is 1. The van der Waals surface area contributed by atoms with Gasteiger partial charge >= 0.3 is 0 Å². The van der Waals surface area contributed by atoms with E-state index in [9.17, 15) is 0 Å². The number of aromatic nitrogens is 1. The van der Waals surface area contributed by atoms with E-state index in [0.717, 1.165) is 37.6 Å². The summed E-state index contributed by atoms with van der Waals surface area (Å²) in [7, 11) is 0. The fourth-order valence-corrected chi connectivity index (χ4v) is 3.66. The number of rotatable bonds is 8. The van der Waals surface area contributed by atoms with Crippen molar-refractivity contribution in [3.63, 3.8) is 0 Å². The van der Waals surface area contributed by atoms with Gasteiger partial charge in [-0.2, -0.15) is 0 Å². The second-order valence-electron chi connectivity index (χ2n) is 7.06. The van der Waals surface area contributed by atoms with Crippen LogP contribution in [0.3, 0.4) is 0 Å². The molecule has 0 unspecified atom stereocenters. The normalized spacial score (nSPS) is 13.4. The molecule has 4 nitrogen and oxygen atoms in total. The molecule has 2 heterocycles. The highest BCUT2D eigenvalue weighted by molar-refractivity contribution is 5.96. The summed E-state index contributed by atoms with van der Waals surface area (Å²) in [6.07, 6.45) is 9.58. The maximum Gasteiger partial charge on any atom is 0.168 e. The molecular formula is C25H27N3O. The minimum absolute atomic E-state index is 0.643. The summed E-state index contributed by atoms with van der Waals surface area (Å²) >= 11 is 0. The van der Waals surface area contributed by atoms with Crippen molar-refractivity contribution in [2.45, 2.75) is 13.3 Å². The summed E-state index contributed by atoms with van der Waals surface area (Å²) in [6.45, 7) is 5.42. The molecule has 1 N–H and O–H groups in total. The summed E-state index contributed by atoms with van der Waals surface area (Å²) in [4.78, 5) is 6.72. The van der Waals surface area contributed by atoms with Crippen molar-refractivity contribution >= 4 is 22.2 Å². The van der Waals surface area contributed by atoms with Gasteiger partial charge in [0.1, 0.15) is 0 Å². The van der Waals surface area contributed by atoms with Gasteiger partial charge in [-0.1, -0.05) is 48.5 Å². The molecule has 1 aliphatic heterocycles. The summed E-state index contributed by atoms with van der Waals surface area (Å²) in [6, 6.07) is 18.9. The molecule has 0 bridgehead atoms. The van der Waals surface area contributed by atoms with Gasteiger partial charge in [-0.05, 0) is 59.7 Å². The van der Waals surface area contributed by atoms with Gasteiger partial charge in [-0.25, -0.2) is 4.98 Å². The molecule has 0 fully saturated rings. The van der Waals surface area contributed by atoms with Gasteiger partial charge in [-0.3, -0.25) is 0 Å². The van der Waals surface area contributed by atoms with E-state index in [1.54, 1.807) is 6.20 Å². The van der Waals surface area contributed by atoms with Crippen LogP contribution in [-0.4, -0.2) is 36.1 Å². The smallest absolute Gasteiger partial charge is 0.168 e. The Hall–Kier alpha value is -3.27. The predicted octanol–water partition coefficient (Wildman–Crippen LogP) is 5.35. The molecule has 0 aliphatic carbocycles. The number of anilines is 1. The van der Waals surface area contributed by atoms with E-state index in [1.165, 1.54) is 21.9 Å². The van der Waals surface area contributed by atoms with Crippen LogP contribution >= 0.6 is 0 Å². The van der Waals surface area contributed by atoms with Crippen molar-refractivity contribution < 1.29 is 4.74 Å². The molecule has 148 valence electrons. The highest BCUT2D eigenvalue weighted by atomic mass is 16.5. The number of nitrogens with one attached hydrogen (secondary N) is 1. The van der Waals surface area contributed by atoms with E-state index in [1.807, 2.05) is 19.1 Å². The molecule has 4 rings (SSSR count). The molecule has 4 heteroatoms. The second kappa shape index (κ2) is 9.28. The van der Waals surface area contributed by atoms with E-state index < -0.39 is 0 Å². The molecule has 29 heavy (non-hydrogen) atoms. The fourth-order valence-electron chi connectivity index (χ4n) is 3.66. The highest BCUT2D eigenvalue weighted by Crippen LogP contribution is 2.27. The Morgan fingerprint density at radius 3 is 2.83 bits per heavy atom. The maximum absolute atomic E-state index is 5.61. The van der Waals surface area contributed by atoms with Crippen molar-refractivity contribution in [1.82, 2.24) is 9.88 Å². The zero-order valence-corrected chi connectivity index (χ0v) is 16.8. The molecule has 1 aromatic heterocycles. The SMILES string of the molecule is CCOc1cccnc1NCCCN1C=CC(c2cccc3ccccc23)=CC1. The monoisotopic (exact) mass is 385 g/mol. The molecule has 0 spiro atoms. The van der Waals surface area contributed by atoms with Crippen LogP contribution in [0.2, 0.25) is 0 Å². The van der Waals surface area contributed by atoms with Crippen molar-refractivity contribution in [3.8, 4) is 5.75 Å². The Kier molecular flexibility index (Phi) is 6.10. The maximum atomic E-state index is 5.61. The molecule has 0 saturated heterocycles. The van der Waals surface area contributed by atoms with Crippen LogP contribution < -0.4 is 10.1 Å². The van der Waals surface area contributed by atoms with Crippen molar-refractivity contribution in [3.05, 3.63) is 84.7 Å². The zero-order valence-electron chi connectivity index (χ0n) is 16.8. The average molecular weight is 386 g/mol. The summed E-state index contributed by atoms with van der Waals surface area (Å²) in [5.41, 5.74) is 2.60. The third-order valence-electron chi connectivity index (χ3n) is 5.10. The van der Waals surface area contributed by atoms with Crippen LogP contribution in [0.15, 0.2) is 79.1 Å². The Labute approximate surface area is 172 Å². The van der Waals surface area contributed by atoms with Gasteiger partial charge < -0.3 is 15.0 Å². The highest BCUT2D eigenvalue weighted by Gasteiger charge is 2.09. The number of hydrogen-bond acceptors (Lipinski definition) is 4. The Morgan fingerprint density at radius 2 is 1.97 bits per heavy atom. The number of nitrogens with zero attached hydrogens (tertiary/aromatic N) is 2. The molecule has 0 saturated carbocycles. The standard InChI is InChI=1S/C25H27N3O/c1-2-29-24-12-6-15-26-25(24)27-16-7-17-28-18-13-21(14-19-28)23-11-5-9-20-8-3-4-10-22(20)23/h3-6,8-15,18H,2,7,16-17,19H2,1H3,(H,26,27). The van der Waals surface area contributed by atoms with E-state index in [2.05, 4.69) is 76.0 Å². The lowest BCUT2D eigenvalue weighted by Gasteiger charge is -2.23. The Bertz CT molecular complexity index is 1020. The minimum Gasteiger partial charge on any atom is -0.490 e. The molecular weight excluding hydrogens is 358 g/mol. The largest absolute Gasteiger partial charge is 0.490 e. The van der Waals surface area contributed by atoms with Crippen LogP contribution in [0.5, 0.6) is 5.75 Å². The number of hydrogen-bond donors (Lipinski definition) is 1. The van der Waals surface area contributed by atoms with Crippen LogP contribution in [-0.2, 0) is 0 Å². The van der Waals surface area contributed by atoms with E-state index >= 15 is 0 Å². The van der Waals surface area contributed by atoms with E-state index in [-0.39, 0.29) is 0 Å². The van der Waals surface area contributed by atoms with Gasteiger partial charge in [0, 0.05) is 25.8 Å². The van der Waals surface area contributed by atoms with Gasteiger partial charge in [0.05, 0.1) is 6.61 Å². The second-order valence-corrected chi connectivity index (χ2v) is 7.06. The average Bonchev–Trinajstić information content (AvgIpc) is 2.78. The first-order chi connectivity index (χ1) is 14.3. The van der Waals surface area contributed by atoms with Gasteiger partial charge in [0.25, 0.3) is 0 Å². The first-order valence-corrected chi connectivity index (χ1v) is 10.3. The lowest BCUT2D eigenvalue weighted by atomic mass is 9.97. The number of ether oxygens (including phenoxy) is 1.